The molecule has 0 heterocycles. The first-order chi connectivity index (χ1) is 6.06. The molecule has 1 aromatic rings. The molecule has 4 nitrogen and oxygen atoms in total. The van der Waals surface area contributed by atoms with Crippen molar-refractivity contribution in [2.24, 2.45) is 0 Å². The Bertz CT molecular complexity index is 325. The highest BCUT2D eigenvalue weighted by Crippen LogP contribution is 2.17. The van der Waals surface area contributed by atoms with Crippen LogP contribution < -0.4 is 5.46 Å². The Kier molecular flexibility index (Phi) is 2.46. The van der Waals surface area contributed by atoms with Crippen LogP contribution in [0.3, 0.4) is 0 Å². The Hall–Kier alpha value is -1.65. The van der Waals surface area contributed by atoms with E-state index in [0.29, 0.717) is 0 Å². The van der Waals surface area contributed by atoms with Crippen LogP contribution in [-0.4, -0.2) is 28.6 Å². The van der Waals surface area contributed by atoms with E-state index in [1.54, 1.807) is 6.82 Å². The Balaban J connectivity index is 3.28. The van der Waals surface area contributed by atoms with Crippen LogP contribution in [0.1, 0.15) is 10.4 Å². The summed E-state index contributed by atoms with van der Waals surface area (Å²) in [6.45, 7) is 1.63. The smallest absolute Gasteiger partial charge is 0.335 e. The van der Waals surface area contributed by atoms with Gasteiger partial charge in [-0.3, -0.25) is 0 Å². The quantitative estimate of drug-likeness (QED) is 0.565. The highest BCUT2D eigenvalue weighted by atomic mass is 16.4. The molecule has 0 saturated heterocycles. The van der Waals surface area contributed by atoms with Crippen molar-refractivity contribution in [2.45, 2.75) is 6.82 Å². The second-order valence-corrected chi connectivity index (χ2v) is 2.52. The van der Waals surface area contributed by atoms with Gasteiger partial charge in [-0.25, -0.2) is 4.79 Å². The molecule has 0 unspecified atom stereocenters. The second kappa shape index (κ2) is 3.39. The lowest BCUT2D eigenvalue weighted by Crippen LogP contribution is -2.13. The standard InChI is InChI=1S/C8H8BO4/c1-9-7-5(10)2-4(8(12)13)3-6(7)11/h2-3,10-11H,1H3,(H,12,13). The Labute approximate surface area is 75.7 Å². The van der Waals surface area contributed by atoms with E-state index in [0.717, 1.165) is 12.1 Å². The number of aromatic hydroxyl groups is 2. The molecular weight excluding hydrogens is 171 g/mol. The van der Waals surface area contributed by atoms with Crippen LogP contribution in [0.25, 0.3) is 0 Å². The summed E-state index contributed by atoms with van der Waals surface area (Å²) in [5, 5.41) is 27.1. The van der Waals surface area contributed by atoms with Crippen LogP contribution in [0.2, 0.25) is 6.82 Å². The number of carboxylic acid groups (broad SMARTS) is 1. The lowest BCUT2D eigenvalue weighted by molar-refractivity contribution is 0.0696. The van der Waals surface area contributed by atoms with Crippen molar-refractivity contribution in [1.82, 2.24) is 0 Å². The minimum atomic E-state index is -1.19. The predicted molar refractivity (Wildman–Crippen MR) is 48.0 cm³/mol. The summed E-state index contributed by atoms with van der Waals surface area (Å²) in [5.41, 5.74) is 0.102. The van der Waals surface area contributed by atoms with Crippen molar-refractivity contribution in [3.8, 4) is 11.5 Å². The van der Waals surface area contributed by atoms with Crippen LogP contribution in [0.5, 0.6) is 11.5 Å². The molecule has 0 spiro atoms. The molecule has 5 heteroatoms. The largest absolute Gasteiger partial charge is 0.508 e. The highest BCUT2D eigenvalue weighted by Gasteiger charge is 2.11. The molecule has 0 atom stereocenters. The lowest BCUT2D eigenvalue weighted by Gasteiger charge is -2.05. The van der Waals surface area contributed by atoms with Crippen molar-refractivity contribution in [1.29, 1.82) is 0 Å². The molecule has 0 aliphatic heterocycles. The zero-order valence-electron chi connectivity index (χ0n) is 6.98. The number of hydrogen-bond donors (Lipinski definition) is 3. The molecular formula is C8H8BO4. The van der Waals surface area contributed by atoms with Gasteiger partial charge in [0.2, 0.25) is 0 Å². The fourth-order valence-electron chi connectivity index (χ4n) is 1.04. The van der Waals surface area contributed by atoms with E-state index < -0.39 is 5.97 Å². The molecule has 67 valence electrons. The van der Waals surface area contributed by atoms with Gasteiger partial charge in [-0.15, -0.1) is 0 Å². The minimum absolute atomic E-state index is 0.138. The van der Waals surface area contributed by atoms with Gasteiger partial charge in [0.25, 0.3) is 0 Å². The van der Waals surface area contributed by atoms with Gasteiger partial charge >= 0.3 is 5.97 Å². The van der Waals surface area contributed by atoms with E-state index >= 15 is 0 Å². The van der Waals surface area contributed by atoms with E-state index in [2.05, 4.69) is 0 Å². The minimum Gasteiger partial charge on any atom is -0.508 e. The van der Waals surface area contributed by atoms with Crippen LogP contribution >= 0.6 is 0 Å². The van der Waals surface area contributed by atoms with Crippen molar-refractivity contribution in [2.75, 3.05) is 0 Å². The Morgan fingerprint density at radius 2 is 1.77 bits per heavy atom. The van der Waals surface area contributed by atoms with Crippen molar-refractivity contribution >= 4 is 18.7 Å². The SMILES string of the molecule is C[B]c1c(O)cc(C(=O)O)cc1O. The number of carboxylic acids is 1. The average molecular weight is 179 g/mol. The summed E-state index contributed by atoms with van der Waals surface area (Å²) < 4.78 is 0. The lowest BCUT2D eigenvalue weighted by atomic mass is 9.72. The maximum Gasteiger partial charge on any atom is 0.335 e. The van der Waals surface area contributed by atoms with Crippen LogP contribution in [-0.2, 0) is 0 Å². The number of phenols is 2. The molecule has 0 amide bonds. The molecule has 3 N–H and O–H groups in total. The van der Waals surface area contributed by atoms with Crippen LogP contribution in [0, 0.1) is 0 Å². The molecule has 1 radical (unpaired) electrons. The summed E-state index contributed by atoms with van der Waals surface area (Å²) in [6, 6.07) is 2.19. The predicted octanol–water partition coefficient (Wildman–Crippen LogP) is 0.174. The van der Waals surface area contributed by atoms with Gasteiger partial charge in [0.05, 0.1) is 5.56 Å². The van der Waals surface area contributed by atoms with Gasteiger partial charge in [-0.05, 0) is 17.6 Å². The van der Waals surface area contributed by atoms with Gasteiger partial charge in [-0.1, -0.05) is 6.82 Å². The normalized spacial score (nSPS) is 9.62. The number of phenolic OH excluding ortho intramolecular Hbond substituents is 2. The topological polar surface area (TPSA) is 77.8 Å². The molecule has 0 aromatic heterocycles. The molecule has 0 bridgehead atoms. The summed E-state index contributed by atoms with van der Waals surface area (Å²) in [6.07, 6.45) is 0. The van der Waals surface area contributed by atoms with Crippen molar-refractivity contribution in [3.05, 3.63) is 17.7 Å². The first kappa shape index (κ1) is 9.44. The fraction of sp³-hybridized carbons (Fsp3) is 0.125. The molecule has 1 rings (SSSR count). The van der Waals surface area contributed by atoms with Crippen molar-refractivity contribution < 1.29 is 20.1 Å². The second-order valence-electron chi connectivity index (χ2n) is 2.52. The van der Waals surface area contributed by atoms with E-state index in [9.17, 15) is 15.0 Å². The summed E-state index contributed by atoms with van der Waals surface area (Å²) in [4.78, 5) is 10.5. The zero-order chi connectivity index (χ0) is 10.0. The molecule has 0 aliphatic rings. The number of hydrogen-bond acceptors (Lipinski definition) is 3. The molecule has 0 saturated carbocycles. The number of aromatic carboxylic acids is 1. The monoisotopic (exact) mass is 179 g/mol. The molecule has 1 aromatic carbocycles. The zero-order valence-corrected chi connectivity index (χ0v) is 6.98. The third-order valence-electron chi connectivity index (χ3n) is 1.67. The van der Waals surface area contributed by atoms with Gasteiger partial charge in [0.1, 0.15) is 11.5 Å². The van der Waals surface area contributed by atoms with Gasteiger partial charge in [0, 0.05) is 0 Å². The van der Waals surface area contributed by atoms with E-state index in [1.165, 1.54) is 7.28 Å². The Morgan fingerprint density at radius 1 is 1.31 bits per heavy atom. The maximum atomic E-state index is 10.5. The third-order valence-corrected chi connectivity index (χ3v) is 1.67. The van der Waals surface area contributed by atoms with Gasteiger partial charge < -0.3 is 15.3 Å². The first-order valence-corrected chi connectivity index (χ1v) is 3.65. The third kappa shape index (κ3) is 1.74. The van der Waals surface area contributed by atoms with Gasteiger partial charge in [-0.2, -0.15) is 0 Å². The van der Waals surface area contributed by atoms with Crippen LogP contribution in [0.15, 0.2) is 12.1 Å². The van der Waals surface area contributed by atoms with E-state index in [-0.39, 0.29) is 22.5 Å². The van der Waals surface area contributed by atoms with Crippen LogP contribution in [0.4, 0.5) is 0 Å². The molecule has 0 fully saturated rings. The molecule has 0 aliphatic carbocycles. The first-order valence-electron chi connectivity index (χ1n) is 3.65. The van der Waals surface area contributed by atoms with E-state index in [1.807, 2.05) is 0 Å². The average Bonchev–Trinajstić information content (AvgIpc) is 2.03. The summed E-state index contributed by atoms with van der Waals surface area (Å²) >= 11 is 0. The van der Waals surface area contributed by atoms with Gasteiger partial charge in [0.15, 0.2) is 7.28 Å². The highest BCUT2D eigenvalue weighted by molar-refractivity contribution is 6.54. The summed E-state index contributed by atoms with van der Waals surface area (Å²) in [7, 11) is 1.50. The maximum absolute atomic E-state index is 10.5. The molecule has 13 heavy (non-hydrogen) atoms. The fourth-order valence-corrected chi connectivity index (χ4v) is 1.04. The number of benzene rings is 1. The number of carbonyl (C=O) groups is 1. The van der Waals surface area contributed by atoms with Crippen molar-refractivity contribution in [3.63, 3.8) is 0 Å². The summed E-state index contributed by atoms with van der Waals surface area (Å²) in [5.74, 6) is -1.66. The number of rotatable bonds is 2. The Morgan fingerprint density at radius 3 is 2.08 bits per heavy atom. The van der Waals surface area contributed by atoms with E-state index in [4.69, 9.17) is 5.11 Å².